The van der Waals surface area contributed by atoms with Crippen LogP contribution in [-0.2, 0) is 6.42 Å². The standard InChI is InChI=1S/C11H10O4/c12-4-3-8-5-7-1-2-9(13)6-10(7)15-11(8)14/h1-2,5-6,12-13H,3-4H2. The molecule has 1 aromatic heterocycles. The SMILES string of the molecule is O=c1oc2cc(O)ccc2cc1CCO. The van der Waals surface area contributed by atoms with Crippen LogP contribution in [0.2, 0.25) is 0 Å². The van der Waals surface area contributed by atoms with E-state index >= 15 is 0 Å². The van der Waals surface area contributed by atoms with Crippen LogP contribution < -0.4 is 5.63 Å². The van der Waals surface area contributed by atoms with Crippen LogP contribution in [0.1, 0.15) is 5.56 Å². The third kappa shape index (κ3) is 1.85. The molecule has 0 amide bonds. The molecule has 0 atom stereocenters. The summed E-state index contributed by atoms with van der Waals surface area (Å²) >= 11 is 0. The number of rotatable bonds is 2. The van der Waals surface area contributed by atoms with Gasteiger partial charge in [0, 0.05) is 30.0 Å². The fourth-order valence-electron chi connectivity index (χ4n) is 1.44. The number of aliphatic hydroxyl groups is 1. The van der Waals surface area contributed by atoms with Crippen LogP contribution in [0, 0.1) is 0 Å². The molecule has 0 bridgehead atoms. The molecule has 1 aromatic carbocycles. The van der Waals surface area contributed by atoms with Crippen molar-refractivity contribution in [2.24, 2.45) is 0 Å². The topological polar surface area (TPSA) is 70.7 Å². The van der Waals surface area contributed by atoms with Crippen molar-refractivity contribution in [1.29, 1.82) is 0 Å². The van der Waals surface area contributed by atoms with Crippen molar-refractivity contribution in [3.05, 3.63) is 40.2 Å². The molecule has 0 spiro atoms. The Morgan fingerprint density at radius 1 is 1.27 bits per heavy atom. The highest BCUT2D eigenvalue weighted by Gasteiger charge is 2.04. The van der Waals surface area contributed by atoms with Gasteiger partial charge in [-0.25, -0.2) is 4.79 Å². The Hall–Kier alpha value is -1.81. The predicted molar refractivity (Wildman–Crippen MR) is 54.9 cm³/mol. The number of benzene rings is 1. The van der Waals surface area contributed by atoms with Gasteiger partial charge in [-0.3, -0.25) is 0 Å². The Bertz CT molecular complexity index is 542. The summed E-state index contributed by atoms with van der Waals surface area (Å²) in [5, 5.41) is 18.7. The van der Waals surface area contributed by atoms with E-state index in [1.165, 1.54) is 12.1 Å². The van der Waals surface area contributed by atoms with E-state index in [9.17, 15) is 9.90 Å². The molecule has 0 unspecified atom stereocenters. The summed E-state index contributed by atoms with van der Waals surface area (Å²) in [7, 11) is 0. The van der Waals surface area contributed by atoms with Gasteiger partial charge < -0.3 is 14.6 Å². The second-order valence-electron chi connectivity index (χ2n) is 3.25. The number of fused-ring (bicyclic) bond motifs is 1. The van der Waals surface area contributed by atoms with Crippen molar-refractivity contribution in [1.82, 2.24) is 0 Å². The van der Waals surface area contributed by atoms with Gasteiger partial charge in [0.05, 0.1) is 0 Å². The van der Waals surface area contributed by atoms with Crippen molar-refractivity contribution >= 4 is 11.0 Å². The minimum atomic E-state index is -0.470. The molecular weight excluding hydrogens is 196 g/mol. The van der Waals surface area contributed by atoms with Crippen molar-refractivity contribution < 1.29 is 14.6 Å². The molecule has 2 aromatic rings. The Morgan fingerprint density at radius 3 is 2.80 bits per heavy atom. The zero-order valence-corrected chi connectivity index (χ0v) is 7.93. The first kappa shape index (κ1) is 9.73. The van der Waals surface area contributed by atoms with E-state index in [1.54, 1.807) is 12.1 Å². The normalized spacial score (nSPS) is 10.7. The van der Waals surface area contributed by atoms with Gasteiger partial charge in [0.15, 0.2) is 0 Å². The molecule has 0 fully saturated rings. The second kappa shape index (κ2) is 3.74. The van der Waals surface area contributed by atoms with E-state index in [-0.39, 0.29) is 18.8 Å². The highest BCUT2D eigenvalue weighted by molar-refractivity contribution is 5.78. The number of hydrogen-bond donors (Lipinski definition) is 2. The summed E-state index contributed by atoms with van der Waals surface area (Å²) in [6.45, 7) is -0.0889. The minimum Gasteiger partial charge on any atom is -0.508 e. The molecule has 1 heterocycles. The molecule has 0 radical (unpaired) electrons. The lowest BCUT2D eigenvalue weighted by Gasteiger charge is -2.00. The quantitative estimate of drug-likeness (QED) is 0.720. The fourth-order valence-corrected chi connectivity index (χ4v) is 1.44. The summed E-state index contributed by atoms with van der Waals surface area (Å²) in [6.07, 6.45) is 0.277. The van der Waals surface area contributed by atoms with E-state index in [0.717, 1.165) is 5.39 Å². The highest BCUT2D eigenvalue weighted by atomic mass is 16.4. The zero-order chi connectivity index (χ0) is 10.8. The Balaban J connectivity index is 2.65. The third-order valence-electron chi connectivity index (χ3n) is 2.17. The van der Waals surface area contributed by atoms with Crippen molar-refractivity contribution in [2.45, 2.75) is 6.42 Å². The monoisotopic (exact) mass is 206 g/mol. The van der Waals surface area contributed by atoms with Crippen LogP contribution in [0.4, 0.5) is 0 Å². The maximum Gasteiger partial charge on any atom is 0.339 e. The van der Waals surface area contributed by atoms with Crippen LogP contribution in [0.3, 0.4) is 0 Å². The van der Waals surface area contributed by atoms with Gasteiger partial charge in [-0.15, -0.1) is 0 Å². The first-order valence-electron chi connectivity index (χ1n) is 4.57. The molecule has 4 nitrogen and oxygen atoms in total. The lowest BCUT2D eigenvalue weighted by atomic mass is 10.1. The summed E-state index contributed by atoms with van der Waals surface area (Å²) in [5.41, 5.74) is 0.319. The number of aromatic hydroxyl groups is 1. The Kier molecular flexibility index (Phi) is 2.43. The Morgan fingerprint density at radius 2 is 2.07 bits per heavy atom. The van der Waals surface area contributed by atoms with Gasteiger partial charge in [0.1, 0.15) is 11.3 Å². The first-order chi connectivity index (χ1) is 7.20. The minimum absolute atomic E-state index is 0.0561. The molecule has 4 heteroatoms. The lowest BCUT2D eigenvalue weighted by Crippen LogP contribution is -2.08. The molecule has 0 aliphatic carbocycles. The molecule has 0 saturated carbocycles. The number of phenols is 1. The average molecular weight is 206 g/mol. The second-order valence-corrected chi connectivity index (χ2v) is 3.25. The zero-order valence-electron chi connectivity index (χ0n) is 7.93. The molecule has 2 rings (SSSR count). The molecule has 0 aliphatic rings. The molecule has 15 heavy (non-hydrogen) atoms. The van der Waals surface area contributed by atoms with Crippen molar-refractivity contribution in [3.8, 4) is 5.75 Å². The van der Waals surface area contributed by atoms with Crippen molar-refractivity contribution in [2.75, 3.05) is 6.61 Å². The van der Waals surface area contributed by atoms with Gasteiger partial charge in [-0.1, -0.05) is 0 Å². The number of hydrogen-bond acceptors (Lipinski definition) is 4. The van der Waals surface area contributed by atoms with E-state index in [2.05, 4.69) is 0 Å². The van der Waals surface area contributed by atoms with Gasteiger partial charge in [0.2, 0.25) is 0 Å². The summed E-state index contributed by atoms with van der Waals surface area (Å²) < 4.78 is 5.00. The molecule has 0 saturated heterocycles. The molecule has 0 aliphatic heterocycles. The number of phenolic OH excluding ortho intramolecular Hbond substituents is 1. The van der Waals surface area contributed by atoms with E-state index < -0.39 is 5.63 Å². The molecular formula is C11H10O4. The van der Waals surface area contributed by atoms with E-state index in [1.807, 2.05) is 0 Å². The maximum atomic E-state index is 11.4. The van der Waals surface area contributed by atoms with Crippen LogP contribution in [-0.4, -0.2) is 16.8 Å². The van der Waals surface area contributed by atoms with Gasteiger partial charge in [0.25, 0.3) is 0 Å². The molecule has 2 N–H and O–H groups in total. The van der Waals surface area contributed by atoms with Crippen LogP contribution >= 0.6 is 0 Å². The van der Waals surface area contributed by atoms with Gasteiger partial charge in [-0.2, -0.15) is 0 Å². The predicted octanol–water partition coefficient (Wildman–Crippen LogP) is 1.03. The number of aliphatic hydroxyl groups excluding tert-OH is 1. The lowest BCUT2D eigenvalue weighted by molar-refractivity contribution is 0.298. The highest BCUT2D eigenvalue weighted by Crippen LogP contribution is 2.19. The summed E-state index contributed by atoms with van der Waals surface area (Å²) in [4.78, 5) is 11.4. The largest absolute Gasteiger partial charge is 0.508 e. The van der Waals surface area contributed by atoms with Crippen LogP contribution in [0.25, 0.3) is 11.0 Å². The fraction of sp³-hybridized carbons (Fsp3) is 0.182. The summed E-state index contributed by atoms with van der Waals surface area (Å²) in [5.74, 6) is 0.0561. The van der Waals surface area contributed by atoms with Crippen LogP contribution in [0.15, 0.2) is 33.5 Å². The van der Waals surface area contributed by atoms with E-state index in [4.69, 9.17) is 9.52 Å². The maximum absolute atomic E-state index is 11.4. The Labute approximate surface area is 85.4 Å². The first-order valence-corrected chi connectivity index (χ1v) is 4.57. The van der Waals surface area contributed by atoms with Gasteiger partial charge >= 0.3 is 5.63 Å². The van der Waals surface area contributed by atoms with Crippen molar-refractivity contribution in [3.63, 3.8) is 0 Å². The van der Waals surface area contributed by atoms with Crippen LogP contribution in [0.5, 0.6) is 5.75 Å². The third-order valence-corrected chi connectivity index (χ3v) is 2.17. The van der Waals surface area contributed by atoms with Gasteiger partial charge in [-0.05, 0) is 18.2 Å². The summed E-state index contributed by atoms with van der Waals surface area (Å²) in [6, 6.07) is 6.23. The smallest absolute Gasteiger partial charge is 0.339 e. The average Bonchev–Trinajstić information content (AvgIpc) is 2.20. The molecule has 78 valence electrons. The van der Waals surface area contributed by atoms with E-state index in [0.29, 0.717) is 11.1 Å².